The first-order valence-electron chi connectivity index (χ1n) is 7.11. The van der Waals surface area contributed by atoms with Crippen LogP contribution in [0.25, 0.3) is 0 Å². The summed E-state index contributed by atoms with van der Waals surface area (Å²) in [5, 5.41) is 2.58. The van der Waals surface area contributed by atoms with Gasteiger partial charge in [-0.2, -0.15) is 0 Å². The summed E-state index contributed by atoms with van der Waals surface area (Å²) in [7, 11) is 1.85. The lowest BCUT2D eigenvalue weighted by molar-refractivity contribution is 0.0722. The first kappa shape index (κ1) is 15.7. The quantitative estimate of drug-likeness (QED) is 0.892. The molecule has 5 heteroatoms. The van der Waals surface area contributed by atoms with Crippen molar-refractivity contribution in [1.82, 2.24) is 9.88 Å². The van der Waals surface area contributed by atoms with Gasteiger partial charge >= 0.3 is 0 Å². The lowest BCUT2D eigenvalue weighted by atomic mass is 10.0. The summed E-state index contributed by atoms with van der Waals surface area (Å²) in [4.78, 5) is 18.6. The van der Waals surface area contributed by atoms with E-state index in [0.717, 1.165) is 17.8 Å². The molecular formula is C16H21N3OS. The average molecular weight is 303 g/mol. The third-order valence-corrected chi connectivity index (χ3v) is 4.47. The van der Waals surface area contributed by atoms with Crippen LogP contribution < -0.4 is 5.73 Å². The number of nitrogens with two attached hydrogens (primary N) is 1. The Morgan fingerprint density at radius 1 is 1.38 bits per heavy atom. The Labute approximate surface area is 129 Å². The van der Waals surface area contributed by atoms with Crippen LogP contribution in [0.15, 0.2) is 35.7 Å². The zero-order chi connectivity index (χ0) is 15.2. The lowest BCUT2D eigenvalue weighted by Crippen LogP contribution is -2.38. The Balaban J connectivity index is 2.08. The number of aromatic nitrogens is 1. The number of hydrogen-bond donors (Lipinski definition) is 1. The number of thiazole rings is 1. The van der Waals surface area contributed by atoms with E-state index in [1.165, 1.54) is 16.9 Å². The zero-order valence-corrected chi connectivity index (χ0v) is 13.3. The predicted molar refractivity (Wildman–Crippen MR) is 86.3 cm³/mol. The first-order valence-corrected chi connectivity index (χ1v) is 7.99. The van der Waals surface area contributed by atoms with Gasteiger partial charge in [0.25, 0.3) is 5.91 Å². The molecule has 0 radical (unpaired) electrons. The predicted octanol–water partition coefficient (Wildman–Crippen LogP) is 2.70. The van der Waals surface area contributed by atoms with Crippen LogP contribution >= 0.6 is 11.3 Å². The second-order valence-corrected chi connectivity index (χ2v) is 5.94. The summed E-state index contributed by atoms with van der Waals surface area (Å²) in [6, 6.07) is 10.4. The van der Waals surface area contributed by atoms with Crippen LogP contribution in [0, 0.1) is 0 Å². The minimum Gasteiger partial charge on any atom is -0.337 e. The highest BCUT2D eigenvalue weighted by molar-refractivity contribution is 7.09. The highest BCUT2D eigenvalue weighted by Gasteiger charge is 2.22. The number of nitrogens with zero attached hydrogens (tertiary/aromatic N) is 2. The van der Waals surface area contributed by atoms with Crippen molar-refractivity contribution in [3.05, 3.63) is 52.0 Å². The third-order valence-electron chi connectivity index (χ3n) is 3.60. The van der Waals surface area contributed by atoms with Crippen LogP contribution in [0.1, 0.15) is 34.4 Å². The van der Waals surface area contributed by atoms with E-state index < -0.39 is 0 Å². The Kier molecular flexibility index (Phi) is 5.47. The first-order chi connectivity index (χ1) is 10.2. The summed E-state index contributed by atoms with van der Waals surface area (Å²) in [6.45, 7) is 2.48. The molecule has 0 fully saturated rings. The molecule has 0 aliphatic carbocycles. The summed E-state index contributed by atoms with van der Waals surface area (Å²) in [5.41, 5.74) is 7.29. The number of amides is 1. The molecule has 0 aliphatic heterocycles. The highest BCUT2D eigenvalue weighted by atomic mass is 32.1. The van der Waals surface area contributed by atoms with Crippen LogP contribution in [-0.2, 0) is 13.0 Å². The van der Waals surface area contributed by atoms with Gasteiger partial charge in [-0.1, -0.05) is 37.3 Å². The molecule has 0 saturated heterocycles. The molecule has 1 amide bonds. The van der Waals surface area contributed by atoms with Gasteiger partial charge in [0.05, 0.1) is 0 Å². The normalized spacial score (nSPS) is 12.1. The Hall–Kier alpha value is -1.72. The molecule has 2 aromatic rings. The van der Waals surface area contributed by atoms with Gasteiger partial charge in [-0.25, -0.2) is 4.98 Å². The maximum atomic E-state index is 12.5. The van der Waals surface area contributed by atoms with Gasteiger partial charge in [-0.15, -0.1) is 11.3 Å². The fourth-order valence-corrected chi connectivity index (χ4v) is 2.94. The molecule has 0 aliphatic rings. The van der Waals surface area contributed by atoms with Crippen molar-refractivity contribution in [2.24, 2.45) is 5.73 Å². The van der Waals surface area contributed by atoms with Crippen molar-refractivity contribution >= 4 is 17.2 Å². The molecule has 1 heterocycles. The SMILES string of the molecule is CCC(Cc1ccccc1)N(C)C(=O)c1csc(CN)n1. The summed E-state index contributed by atoms with van der Waals surface area (Å²) in [6.07, 6.45) is 1.76. The van der Waals surface area contributed by atoms with Crippen molar-refractivity contribution in [1.29, 1.82) is 0 Å². The molecule has 2 N–H and O–H groups in total. The lowest BCUT2D eigenvalue weighted by Gasteiger charge is -2.27. The molecular weight excluding hydrogens is 282 g/mol. The Bertz CT molecular complexity index is 582. The Morgan fingerprint density at radius 2 is 2.10 bits per heavy atom. The minimum absolute atomic E-state index is 0.0336. The second-order valence-electron chi connectivity index (χ2n) is 5.00. The van der Waals surface area contributed by atoms with E-state index in [0.29, 0.717) is 12.2 Å². The number of rotatable bonds is 6. The molecule has 21 heavy (non-hydrogen) atoms. The molecule has 112 valence electrons. The number of benzene rings is 1. The average Bonchev–Trinajstić information content (AvgIpc) is 3.01. The van der Waals surface area contributed by atoms with Crippen LogP contribution in [-0.4, -0.2) is 28.9 Å². The van der Waals surface area contributed by atoms with E-state index in [4.69, 9.17) is 5.73 Å². The smallest absolute Gasteiger partial charge is 0.273 e. The topological polar surface area (TPSA) is 59.2 Å². The van der Waals surface area contributed by atoms with E-state index in [1.807, 2.05) is 25.2 Å². The zero-order valence-electron chi connectivity index (χ0n) is 12.5. The van der Waals surface area contributed by atoms with Crippen molar-refractivity contribution in [2.75, 3.05) is 7.05 Å². The summed E-state index contributed by atoms with van der Waals surface area (Å²) in [5.74, 6) is -0.0336. The number of carbonyl (C=O) groups is 1. The molecule has 2 rings (SSSR count). The van der Waals surface area contributed by atoms with Crippen molar-refractivity contribution in [2.45, 2.75) is 32.4 Å². The molecule has 1 atom stereocenters. The van der Waals surface area contributed by atoms with Gasteiger partial charge in [0.15, 0.2) is 0 Å². The maximum Gasteiger partial charge on any atom is 0.273 e. The minimum atomic E-state index is -0.0336. The van der Waals surface area contributed by atoms with Crippen molar-refractivity contribution in [3.63, 3.8) is 0 Å². The molecule has 1 aromatic carbocycles. The van der Waals surface area contributed by atoms with E-state index in [-0.39, 0.29) is 11.9 Å². The number of hydrogen-bond acceptors (Lipinski definition) is 4. The third kappa shape index (κ3) is 3.89. The molecule has 1 aromatic heterocycles. The van der Waals surface area contributed by atoms with Crippen LogP contribution in [0.3, 0.4) is 0 Å². The van der Waals surface area contributed by atoms with Crippen LogP contribution in [0.2, 0.25) is 0 Å². The number of likely N-dealkylation sites (N-methyl/N-ethyl adjacent to an activating group) is 1. The van der Waals surface area contributed by atoms with Gasteiger partial charge in [0, 0.05) is 25.0 Å². The van der Waals surface area contributed by atoms with Gasteiger partial charge in [-0.3, -0.25) is 4.79 Å². The second kappa shape index (κ2) is 7.33. The standard InChI is InChI=1S/C16H21N3OS/c1-3-13(9-12-7-5-4-6-8-12)19(2)16(20)14-11-21-15(10-17)18-14/h4-8,11,13H,3,9-10,17H2,1-2H3. The molecule has 0 saturated carbocycles. The van der Waals surface area contributed by atoms with Gasteiger partial charge < -0.3 is 10.6 Å². The Morgan fingerprint density at radius 3 is 2.67 bits per heavy atom. The molecule has 0 bridgehead atoms. The number of carbonyl (C=O) groups excluding carboxylic acids is 1. The summed E-state index contributed by atoms with van der Waals surface area (Å²) >= 11 is 1.43. The fraction of sp³-hybridized carbons (Fsp3) is 0.375. The van der Waals surface area contributed by atoms with Gasteiger partial charge in [-0.05, 0) is 18.4 Å². The van der Waals surface area contributed by atoms with Gasteiger partial charge in [0.1, 0.15) is 10.7 Å². The molecule has 4 nitrogen and oxygen atoms in total. The van der Waals surface area contributed by atoms with Crippen LogP contribution in [0.5, 0.6) is 0 Å². The molecule has 0 spiro atoms. The maximum absolute atomic E-state index is 12.5. The van der Waals surface area contributed by atoms with Crippen molar-refractivity contribution < 1.29 is 4.79 Å². The largest absolute Gasteiger partial charge is 0.337 e. The fourth-order valence-electron chi connectivity index (χ4n) is 2.29. The summed E-state index contributed by atoms with van der Waals surface area (Å²) < 4.78 is 0. The monoisotopic (exact) mass is 303 g/mol. The van der Waals surface area contributed by atoms with Gasteiger partial charge in [0.2, 0.25) is 0 Å². The molecule has 1 unspecified atom stereocenters. The van der Waals surface area contributed by atoms with Crippen molar-refractivity contribution in [3.8, 4) is 0 Å². The highest BCUT2D eigenvalue weighted by Crippen LogP contribution is 2.16. The van der Waals surface area contributed by atoms with E-state index in [2.05, 4.69) is 24.0 Å². The van der Waals surface area contributed by atoms with E-state index in [9.17, 15) is 4.79 Å². The van der Waals surface area contributed by atoms with Crippen LogP contribution in [0.4, 0.5) is 0 Å². The van der Waals surface area contributed by atoms with E-state index in [1.54, 1.807) is 10.3 Å². The van der Waals surface area contributed by atoms with E-state index >= 15 is 0 Å².